The molecule has 3 aromatic rings. The van der Waals surface area contributed by atoms with Crippen molar-refractivity contribution in [1.82, 2.24) is 0 Å². The molecule has 4 rings (SSSR count). The third-order valence-electron chi connectivity index (χ3n) is 5.80. The third-order valence-corrected chi connectivity index (χ3v) is 5.80. The van der Waals surface area contributed by atoms with Crippen LogP contribution in [0.5, 0.6) is 0 Å². The van der Waals surface area contributed by atoms with E-state index < -0.39 is 0 Å². The van der Waals surface area contributed by atoms with Gasteiger partial charge >= 0.3 is 0 Å². The molecular weight excluding hydrogens is 404 g/mol. The van der Waals surface area contributed by atoms with Gasteiger partial charge in [-0.3, -0.25) is 14.9 Å². The van der Waals surface area contributed by atoms with Gasteiger partial charge in [0, 0.05) is 55.7 Å². The molecular formula is C25H26N4O3. The molecule has 1 heterocycles. The van der Waals surface area contributed by atoms with Crippen LogP contribution in [0.2, 0.25) is 0 Å². The summed E-state index contributed by atoms with van der Waals surface area (Å²) in [6.07, 6.45) is 1.68. The first-order chi connectivity index (χ1) is 15.7. The van der Waals surface area contributed by atoms with Gasteiger partial charge in [0.1, 0.15) is 5.69 Å². The molecule has 0 radical (unpaired) electrons. The smallest absolute Gasteiger partial charge is 0.292 e. The van der Waals surface area contributed by atoms with E-state index in [-0.39, 0.29) is 10.6 Å². The van der Waals surface area contributed by atoms with Crippen molar-refractivity contribution in [3.63, 3.8) is 0 Å². The number of hydrogen-bond donors (Lipinski definition) is 1. The Bertz CT molecular complexity index is 1080. The van der Waals surface area contributed by atoms with E-state index in [4.69, 9.17) is 0 Å². The molecule has 164 valence electrons. The minimum atomic E-state index is -0.344. The van der Waals surface area contributed by atoms with E-state index in [1.165, 1.54) is 5.56 Å². The molecule has 1 aliphatic rings. The summed E-state index contributed by atoms with van der Waals surface area (Å²) in [5.41, 5.74) is 4.42. The zero-order valence-electron chi connectivity index (χ0n) is 17.8. The summed E-state index contributed by atoms with van der Waals surface area (Å²) in [6.45, 7) is 3.71. The second-order valence-corrected chi connectivity index (χ2v) is 7.77. The van der Waals surface area contributed by atoms with Crippen molar-refractivity contribution < 1.29 is 9.72 Å². The van der Waals surface area contributed by atoms with Gasteiger partial charge in [0.25, 0.3) is 5.69 Å². The van der Waals surface area contributed by atoms with E-state index in [1.807, 2.05) is 54.6 Å². The van der Waals surface area contributed by atoms with Crippen LogP contribution in [0.3, 0.4) is 0 Å². The Hall–Kier alpha value is -3.87. The molecule has 1 N–H and O–H groups in total. The number of para-hydroxylation sites is 1. The lowest BCUT2D eigenvalue weighted by Crippen LogP contribution is -2.46. The summed E-state index contributed by atoms with van der Waals surface area (Å²) in [4.78, 5) is 27.0. The monoisotopic (exact) mass is 430 g/mol. The molecule has 1 saturated heterocycles. The Morgan fingerprint density at radius 3 is 2.31 bits per heavy atom. The number of carbonyl (C=O) groups excluding carboxylic acids is 1. The molecule has 0 unspecified atom stereocenters. The first-order valence-electron chi connectivity index (χ1n) is 10.8. The van der Waals surface area contributed by atoms with Crippen LogP contribution in [-0.4, -0.2) is 43.9 Å². The van der Waals surface area contributed by atoms with Crippen molar-refractivity contribution in [3.8, 4) is 0 Å². The molecule has 0 amide bonds. The number of nitro groups is 1. The summed E-state index contributed by atoms with van der Waals surface area (Å²) in [5.74, 6) is 0. The van der Waals surface area contributed by atoms with Gasteiger partial charge in [-0.05, 0) is 36.2 Å². The predicted molar refractivity (Wildman–Crippen MR) is 128 cm³/mol. The van der Waals surface area contributed by atoms with Crippen molar-refractivity contribution in [2.75, 3.05) is 47.8 Å². The molecule has 0 aliphatic carbocycles. The number of nitrogens with zero attached hydrogens (tertiary/aromatic N) is 3. The largest absolute Gasteiger partial charge is 0.379 e. The fourth-order valence-electron chi connectivity index (χ4n) is 4.09. The standard InChI is InChI=1S/C25H26N4O3/c30-19-21-8-4-5-9-24(21)28-16-14-27(15-17-28)22-10-11-25(29(31)32)23(18-22)26-13-12-20-6-2-1-3-7-20/h1-11,18-19,26H,12-17H2. The normalized spacial score (nSPS) is 13.6. The molecule has 0 bridgehead atoms. The van der Waals surface area contributed by atoms with Gasteiger partial charge in [-0.2, -0.15) is 0 Å². The van der Waals surface area contributed by atoms with E-state index >= 15 is 0 Å². The van der Waals surface area contributed by atoms with Crippen molar-refractivity contribution in [1.29, 1.82) is 0 Å². The lowest BCUT2D eigenvalue weighted by Gasteiger charge is -2.38. The van der Waals surface area contributed by atoms with Crippen molar-refractivity contribution >= 4 is 29.0 Å². The maximum Gasteiger partial charge on any atom is 0.292 e. The Labute approximate surface area is 187 Å². The number of aldehydes is 1. The number of nitrogens with one attached hydrogen (secondary N) is 1. The Kier molecular flexibility index (Phi) is 6.65. The molecule has 3 aromatic carbocycles. The summed E-state index contributed by atoms with van der Waals surface area (Å²) < 4.78 is 0. The molecule has 0 aromatic heterocycles. The van der Waals surface area contributed by atoms with E-state index in [1.54, 1.807) is 6.07 Å². The van der Waals surface area contributed by atoms with Crippen LogP contribution in [0.15, 0.2) is 72.8 Å². The Morgan fingerprint density at radius 1 is 0.906 bits per heavy atom. The Morgan fingerprint density at radius 2 is 1.59 bits per heavy atom. The highest BCUT2D eigenvalue weighted by molar-refractivity contribution is 5.84. The molecule has 32 heavy (non-hydrogen) atoms. The lowest BCUT2D eigenvalue weighted by atomic mass is 10.1. The van der Waals surface area contributed by atoms with Crippen LogP contribution >= 0.6 is 0 Å². The fourth-order valence-corrected chi connectivity index (χ4v) is 4.09. The lowest BCUT2D eigenvalue weighted by molar-refractivity contribution is -0.383. The number of anilines is 3. The molecule has 7 heteroatoms. The van der Waals surface area contributed by atoms with Crippen LogP contribution in [0.25, 0.3) is 0 Å². The maximum atomic E-state index is 11.5. The molecule has 0 spiro atoms. The second-order valence-electron chi connectivity index (χ2n) is 7.77. The summed E-state index contributed by atoms with van der Waals surface area (Å²) in [7, 11) is 0. The van der Waals surface area contributed by atoms with Crippen molar-refractivity contribution in [2.24, 2.45) is 0 Å². The molecule has 1 aliphatic heterocycles. The number of nitro benzene ring substituents is 1. The first-order valence-corrected chi connectivity index (χ1v) is 10.8. The van der Waals surface area contributed by atoms with Crippen LogP contribution in [-0.2, 0) is 6.42 Å². The third kappa shape index (κ3) is 4.88. The van der Waals surface area contributed by atoms with Gasteiger partial charge in [0.05, 0.1) is 4.92 Å². The maximum absolute atomic E-state index is 11.5. The number of carbonyl (C=O) groups is 1. The van der Waals surface area contributed by atoms with Gasteiger partial charge in [-0.15, -0.1) is 0 Å². The van der Waals surface area contributed by atoms with Crippen LogP contribution in [0.4, 0.5) is 22.7 Å². The van der Waals surface area contributed by atoms with E-state index in [0.717, 1.165) is 50.3 Å². The van der Waals surface area contributed by atoms with Crippen molar-refractivity contribution in [3.05, 3.63) is 94.0 Å². The first kappa shape index (κ1) is 21.4. The highest BCUT2D eigenvalue weighted by Crippen LogP contribution is 2.31. The molecule has 0 atom stereocenters. The summed E-state index contributed by atoms with van der Waals surface area (Å²) in [6, 6.07) is 22.9. The molecule has 7 nitrogen and oxygen atoms in total. The van der Waals surface area contributed by atoms with Crippen LogP contribution < -0.4 is 15.1 Å². The van der Waals surface area contributed by atoms with E-state index in [2.05, 4.69) is 27.2 Å². The Balaban J connectivity index is 1.44. The van der Waals surface area contributed by atoms with E-state index in [9.17, 15) is 14.9 Å². The van der Waals surface area contributed by atoms with Crippen LogP contribution in [0.1, 0.15) is 15.9 Å². The zero-order chi connectivity index (χ0) is 22.3. The highest BCUT2D eigenvalue weighted by Gasteiger charge is 2.21. The van der Waals surface area contributed by atoms with Gasteiger partial charge < -0.3 is 15.1 Å². The van der Waals surface area contributed by atoms with Gasteiger partial charge in [0.2, 0.25) is 0 Å². The SMILES string of the molecule is O=Cc1ccccc1N1CCN(c2ccc([N+](=O)[O-])c(NCCc3ccccc3)c2)CC1. The topological polar surface area (TPSA) is 78.7 Å². The highest BCUT2D eigenvalue weighted by atomic mass is 16.6. The minimum Gasteiger partial charge on any atom is -0.379 e. The number of piperazine rings is 1. The fraction of sp³-hybridized carbons (Fsp3) is 0.240. The average molecular weight is 431 g/mol. The summed E-state index contributed by atoms with van der Waals surface area (Å²) in [5, 5.41) is 14.8. The van der Waals surface area contributed by atoms with Gasteiger partial charge in [-0.1, -0.05) is 42.5 Å². The second kappa shape index (κ2) is 9.96. The van der Waals surface area contributed by atoms with Crippen molar-refractivity contribution in [2.45, 2.75) is 6.42 Å². The number of benzene rings is 3. The minimum absolute atomic E-state index is 0.0837. The predicted octanol–water partition coefficient (Wildman–Crippen LogP) is 4.39. The number of rotatable bonds is 8. The molecule has 1 fully saturated rings. The zero-order valence-corrected chi connectivity index (χ0v) is 17.8. The van der Waals surface area contributed by atoms with E-state index in [0.29, 0.717) is 17.8 Å². The average Bonchev–Trinajstić information content (AvgIpc) is 2.84. The van der Waals surface area contributed by atoms with Gasteiger partial charge in [-0.25, -0.2) is 0 Å². The van der Waals surface area contributed by atoms with Gasteiger partial charge in [0.15, 0.2) is 6.29 Å². The number of hydrogen-bond acceptors (Lipinski definition) is 6. The summed E-state index contributed by atoms with van der Waals surface area (Å²) >= 11 is 0. The van der Waals surface area contributed by atoms with Crippen LogP contribution in [0, 0.1) is 10.1 Å². The molecule has 0 saturated carbocycles. The quantitative estimate of drug-likeness (QED) is 0.324.